The van der Waals surface area contributed by atoms with Gasteiger partial charge in [-0.2, -0.15) is 0 Å². The molecule has 16 heavy (non-hydrogen) atoms. The highest BCUT2D eigenvalue weighted by Crippen LogP contribution is 2.32. The molecule has 1 saturated carbocycles. The van der Waals surface area contributed by atoms with Crippen LogP contribution in [-0.2, 0) is 0 Å². The van der Waals surface area contributed by atoms with Crippen molar-refractivity contribution in [1.29, 1.82) is 0 Å². The first-order valence-electron chi connectivity index (χ1n) is 6.59. The molecule has 0 aliphatic heterocycles. The molecule has 0 amide bonds. The van der Waals surface area contributed by atoms with Gasteiger partial charge in [0.2, 0.25) is 0 Å². The van der Waals surface area contributed by atoms with Crippen molar-refractivity contribution in [2.24, 2.45) is 11.7 Å². The summed E-state index contributed by atoms with van der Waals surface area (Å²) in [7, 11) is 0. The zero-order valence-electron chi connectivity index (χ0n) is 10.8. The lowest BCUT2D eigenvalue weighted by atomic mass is 9.76. The predicted octanol–water partition coefficient (Wildman–Crippen LogP) is 2.29. The Hall–Kier alpha value is -0.520. The Bertz CT molecular complexity index is 244. The molecule has 1 aliphatic rings. The summed E-state index contributed by atoms with van der Waals surface area (Å²) in [6.45, 7) is 5.19. The molecule has 2 heteroatoms. The highest BCUT2D eigenvalue weighted by atomic mass is 15.0. The zero-order valence-corrected chi connectivity index (χ0v) is 10.8. The molecule has 0 spiro atoms. The summed E-state index contributed by atoms with van der Waals surface area (Å²) >= 11 is 0. The minimum Gasteiger partial charge on any atom is -0.329 e. The molecule has 0 aromatic heterocycles. The third-order valence-electron chi connectivity index (χ3n) is 3.74. The fourth-order valence-electron chi connectivity index (χ4n) is 2.89. The van der Waals surface area contributed by atoms with Crippen LogP contribution in [0.5, 0.6) is 0 Å². The van der Waals surface area contributed by atoms with Gasteiger partial charge in [0, 0.05) is 12.1 Å². The van der Waals surface area contributed by atoms with E-state index in [1.807, 2.05) is 0 Å². The second kappa shape index (κ2) is 6.27. The monoisotopic (exact) mass is 222 g/mol. The third kappa shape index (κ3) is 3.50. The maximum Gasteiger partial charge on any atom is 0.0691 e. The lowest BCUT2D eigenvalue weighted by Crippen LogP contribution is -2.57. The van der Waals surface area contributed by atoms with E-state index in [9.17, 15) is 0 Å². The Morgan fingerprint density at radius 3 is 2.88 bits per heavy atom. The molecule has 2 nitrogen and oxygen atoms in total. The standard InChI is InChI=1S/C14H26N2/c1-4-7-13(5-2)16-14(11-15)9-6-8-12(3)10-14/h2,12-13,16H,4,6-11,15H2,1,3H3. The quantitative estimate of drug-likeness (QED) is 0.700. The minimum atomic E-state index is 0.101. The number of hydrogen-bond donors (Lipinski definition) is 2. The topological polar surface area (TPSA) is 38.0 Å². The maximum absolute atomic E-state index is 5.97. The number of nitrogens with one attached hydrogen (secondary N) is 1. The molecule has 3 unspecified atom stereocenters. The third-order valence-corrected chi connectivity index (χ3v) is 3.74. The van der Waals surface area contributed by atoms with Gasteiger partial charge in [-0.25, -0.2) is 0 Å². The summed E-state index contributed by atoms with van der Waals surface area (Å²) in [4.78, 5) is 0. The maximum atomic E-state index is 5.97. The summed E-state index contributed by atoms with van der Waals surface area (Å²) in [5.41, 5.74) is 6.07. The predicted molar refractivity (Wildman–Crippen MR) is 70.1 cm³/mol. The molecular formula is C14H26N2. The first-order valence-corrected chi connectivity index (χ1v) is 6.59. The number of hydrogen-bond acceptors (Lipinski definition) is 2. The summed E-state index contributed by atoms with van der Waals surface area (Å²) in [5, 5.41) is 3.64. The summed E-state index contributed by atoms with van der Waals surface area (Å²) in [6.07, 6.45) is 12.7. The van der Waals surface area contributed by atoms with Crippen molar-refractivity contribution >= 4 is 0 Å². The van der Waals surface area contributed by atoms with Crippen LogP contribution in [0.3, 0.4) is 0 Å². The van der Waals surface area contributed by atoms with Gasteiger partial charge in [0.15, 0.2) is 0 Å². The number of rotatable bonds is 5. The van der Waals surface area contributed by atoms with Crippen LogP contribution in [0.1, 0.15) is 52.4 Å². The van der Waals surface area contributed by atoms with Crippen LogP contribution in [-0.4, -0.2) is 18.1 Å². The molecule has 0 bridgehead atoms. The van der Waals surface area contributed by atoms with E-state index in [0.717, 1.165) is 18.8 Å². The van der Waals surface area contributed by atoms with E-state index < -0.39 is 0 Å². The first kappa shape index (κ1) is 13.5. The van der Waals surface area contributed by atoms with Crippen molar-refractivity contribution < 1.29 is 0 Å². The van der Waals surface area contributed by atoms with Gasteiger partial charge in [-0.3, -0.25) is 5.32 Å². The molecule has 0 heterocycles. The molecule has 0 aromatic rings. The molecule has 0 aromatic carbocycles. The zero-order chi connectivity index (χ0) is 12.0. The van der Waals surface area contributed by atoms with Gasteiger partial charge in [-0.1, -0.05) is 39.0 Å². The van der Waals surface area contributed by atoms with Crippen molar-refractivity contribution in [2.75, 3.05) is 6.54 Å². The van der Waals surface area contributed by atoms with Gasteiger partial charge >= 0.3 is 0 Å². The highest BCUT2D eigenvalue weighted by molar-refractivity contribution is 5.05. The van der Waals surface area contributed by atoms with E-state index in [1.165, 1.54) is 25.7 Å². The van der Waals surface area contributed by atoms with Crippen molar-refractivity contribution in [3.05, 3.63) is 0 Å². The van der Waals surface area contributed by atoms with Gasteiger partial charge in [0.25, 0.3) is 0 Å². The molecule has 0 radical (unpaired) electrons. The Labute approximate surface area is 100 Å². The molecule has 0 saturated heterocycles. The van der Waals surface area contributed by atoms with E-state index in [1.54, 1.807) is 0 Å². The van der Waals surface area contributed by atoms with Gasteiger partial charge in [0.05, 0.1) is 6.04 Å². The Balaban J connectivity index is 2.61. The van der Waals surface area contributed by atoms with Crippen molar-refractivity contribution in [1.82, 2.24) is 5.32 Å². The summed E-state index contributed by atoms with van der Waals surface area (Å²) < 4.78 is 0. The lowest BCUT2D eigenvalue weighted by Gasteiger charge is -2.41. The Kier molecular flexibility index (Phi) is 5.31. The average Bonchev–Trinajstić information content (AvgIpc) is 2.28. The molecule has 1 aliphatic carbocycles. The van der Waals surface area contributed by atoms with Gasteiger partial charge in [-0.15, -0.1) is 6.42 Å². The van der Waals surface area contributed by atoms with Crippen LogP contribution < -0.4 is 11.1 Å². The van der Waals surface area contributed by atoms with E-state index in [0.29, 0.717) is 6.54 Å². The van der Waals surface area contributed by atoms with Gasteiger partial charge in [0.1, 0.15) is 0 Å². The van der Waals surface area contributed by atoms with E-state index >= 15 is 0 Å². The van der Waals surface area contributed by atoms with Crippen LogP contribution >= 0.6 is 0 Å². The summed E-state index contributed by atoms with van der Waals surface area (Å²) in [6, 6.07) is 0.193. The normalized spacial score (nSPS) is 32.0. The average molecular weight is 222 g/mol. The molecule has 92 valence electrons. The molecular weight excluding hydrogens is 196 g/mol. The van der Waals surface area contributed by atoms with Crippen LogP contribution in [0.4, 0.5) is 0 Å². The van der Waals surface area contributed by atoms with E-state index in [-0.39, 0.29) is 11.6 Å². The van der Waals surface area contributed by atoms with Crippen molar-refractivity contribution in [3.63, 3.8) is 0 Å². The van der Waals surface area contributed by atoms with Crippen LogP contribution in [0.25, 0.3) is 0 Å². The fraction of sp³-hybridized carbons (Fsp3) is 0.857. The summed E-state index contributed by atoms with van der Waals surface area (Å²) in [5.74, 6) is 3.63. The molecule has 3 N–H and O–H groups in total. The minimum absolute atomic E-state index is 0.101. The SMILES string of the molecule is C#CC(CCC)NC1(CN)CCCC(C)C1. The Morgan fingerprint density at radius 1 is 1.62 bits per heavy atom. The van der Waals surface area contributed by atoms with Crippen LogP contribution in [0.2, 0.25) is 0 Å². The number of nitrogens with two attached hydrogens (primary N) is 1. The van der Waals surface area contributed by atoms with Crippen LogP contribution in [0, 0.1) is 18.3 Å². The second-order valence-electron chi connectivity index (χ2n) is 5.34. The highest BCUT2D eigenvalue weighted by Gasteiger charge is 2.34. The number of terminal acetylenes is 1. The van der Waals surface area contributed by atoms with Crippen LogP contribution in [0.15, 0.2) is 0 Å². The van der Waals surface area contributed by atoms with Gasteiger partial charge < -0.3 is 5.73 Å². The second-order valence-corrected chi connectivity index (χ2v) is 5.34. The fourth-order valence-corrected chi connectivity index (χ4v) is 2.89. The Morgan fingerprint density at radius 2 is 2.38 bits per heavy atom. The van der Waals surface area contributed by atoms with E-state index in [4.69, 9.17) is 12.2 Å². The molecule has 1 rings (SSSR count). The molecule has 3 atom stereocenters. The van der Waals surface area contributed by atoms with Gasteiger partial charge in [-0.05, 0) is 25.2 Å². The lowest BCUT2D eigenvalue weighted by molar-refractivity contribution is 0.183. The first-order chi connectivity index (χ1) is 7.65. The van der Waals surface area contributed by atoms with Crippen molar-refractivity contribution in [2.45, 2.75) is 64.0 Å². The van der Waals surface area contributed by atoms with E-state index in [2.05, 4.69) is 25.1 Å². The smallest absolute Gasteiger partial charge is 0.0691 e. The van der Waals surface area contributed by atoms with Crippen molar-refractivity contribution in [3.8, 4) is 12.3 Å². The largest absolute Gasteiger partial charge is 0.329 e. The molecule has 1 fully saturated rings.